The van der Waals surface area contributed by atoms with E-state index in [1.807, 2.05) is 51.2 Å². The van der Waals surface area contributed by atoms with E-state index in [1.165, 1.54) is 5.56 Å². The van der Waals surface area contributed by atoms with Crippen molar-refractivity contribution in [1.29, 1.82) is 0 Å². The summed E-state index contributed by atoms with van der Waals surface area (Å²) in [4.78, 5) is 17.4. The van der Waals surface area contributed by atoms with Crippen LogP contribution in [0.15, 0.2) is 30.5 Å². The summed E-state index contributed by atoms with van der Waals surface area (Å²) in [7, 11) is 0. The number of rotatable bonds is 5. The molecular weight excluding hydrogens is 270 g/mol. The van der Waals surface area contributed by atoms with E-state index in [-0.39, 0.29) is 11.9 Å². The second-order valence-electron chi connectivity index (χ2n) is 4.80. The van der Waals surface area contributed by atoms with Crippen LogP contribution in [0.5, 0.6) is 0 Å². The molecule has 1 atom stereocenters. The van der Waals surface area contributed by atoms with Gasteiger partial charge in [-0.15, -0.1) is 11.3 Å². The Kier molecular flexibility index (Phi) is 4.87. The van der Waals surface area contributed by atoms with E-state index >= 15 is 0 Å². The lowest BCUT2D eigenvalue weighted by molar-refractivity contribution is -0.117. The molecule has 5 heteroatoms. The Labute approximate surface area is 123 Å². The number of amides is 1. The molecule has 0 spiro atoms. The molecule has 1 unspecified atom stereocenters. The van der Waals surface area contributed by atoms with Crippen LogP contribution in [-0.2, 0) is 11.3 Å². The third-order valence-electron chi connectivity index (χ3n) is 2.96. The minimum Gasteiger partial charge on any atom is -0.325 e. The average Bonchev–Trinajstić information content (AvgIpc) is 2.84. The summed E-state index contributed by atoms with van der Waals surface area (Å²) < 4.78 is 0. The highest BCUT2D eigenvalue weighted by molar-refractivity contribution is 7.11. The normalized spacial score (nSPS) is 12.2. The van der Waals surface area contributed by atoms with Gasteiger partial charge in [0.05, 0.1) is 11.0 Å². The fourth-order valence-electron chi connectivity index (χ4n) is 1.72. The van der Waals surface area contributed by atoms with E-state index in [2.05, 4.69) is 15.6 Å². The highest BCUT2D eigenvalue weighted by Crippen LogP contribution is 2.12. The van der Waals surface area contributed by atoms with Gasteiger partial charge in [0.15, 0.2) is 0 Å². The van der Waals surface area contributed by atoms with Crippen LogP contribution in [0.25, 0.3) is 0 Å². The highest BCUT2D eigenvalue weighted by Gasteiger charge is 2.12. The number of hydrogen-bond acceptors (Lipinski definition) is 4. The summed E-state index contributed by atoms with van der Waals surface area (Å²) in [6.45, 7) is 6.51. The van der Waals surface area contributed by atoms with Crippen LogP contribution in [0.1, 0.15) is 22.4 Å². The molecule has 1 amide bonds. The van der Waals surface area contributed by atoms with Crippen molar-refractivity contribution in [2.24, 2.45) is 0 Å². The monoisotopic (exact) mass is 289 g/mol. The zero-order valence-electron chi connectivity index (χ0n) is 11.9. The topological polar surface area (TPSA) is 54.0 Å². The molecule has 0 bridgehead atoms. The van der Waals surface area contributed by atoms with E-state index in [0.29, 0.717) is 6.54 Å². The van der Waals surface area contributed by atoms with Crippen LogP contribution in [0.2, 0.25) is 0 Å². The number of anilines is 1. The predicted molar refractivity (Wildman–Crippen MR) is 83.0 cm³/mol. The van der Waals surface area contributed by atoms with Gasteiger partial charge >= 0.3 is 0 Å². The molecule has 106 valence electrons. The standard InChI is InChI=1S/C15H19N3OS/c1-10-4-6-13(7-5-10)18-15(19)11(2)16-8-14-9-17-12(3)20-14/h4-7,9,11,16H,8H2,1-3H3,(H,18,19). The van der Waals surface area contributed by atoms with Crippen molar-refractivity contribution >= 4 is 22.9 Å². The maximum atomic E-state index is 12.0. The van der Waals surface area contributed by atoms with Crippen molar-refractivity contribution in [3.63, 3.8) is 0 Å². The molecule has 0 saturated heterocycles. The first-order valence-corrected chi connectivity index (χ1v) is 7.38. The molecule has 1 aromatic heterocycles. The average molecular weight is 289 g/mol. The number of carbonyl (C=O) groups is 1. The van der Waals surface area contributed by atoms with Gasteiger partial charge in [-0.25, -0.2) is 4.98 Å². The Bertz CT molecular complexity index is 577. The zero-order valence-corrected chi connectivity index (χ0v) is 12.8. The molecular formula is C15H19N3OS. The number of aromatic nitrogens is 1. The summed E-state index contributed by atoms with van der Waals surface area (Å²) in [6, 6.07) is 7.53. The Morgan fingerprint density at radius 2 is 2.00 bits per heavy atom. The third-order valence-corrected chi connectivity index (χ3v) is 3.88. The van der Waals surface area contributed by atoms with Crippen molar-refractivity contribution in [1.82, 2.24) is 10.3 Å². The van der Waals surface area contributed by atoms with Crippen molar-refractivity contribution in [2.45, 2.75) is 33.4 Å². The summed E-state index contributed by atoms with van der Waals surface area (Å²) in [5.74, 6) is -0.0323. The van der Waals surface area contributed by atoms with E-state index in [9.17, 15) is 4.79 Å². The first-order valence-electron chi connectivity index (χ1n) is 6.57. The van der Waals surface area contributed by atoms with E-state index in [4.69, 9.17) is 0 Å². The number of nitrogens with zero attached hydrogens (tertiary/aromatic N) is 1. The molecule has 0 aliphatic heterocycles. The first kappa shape index (κ1) is 14.7. The maximum absolute atomic E-state index is 12.0. The van der Waals surface area contributed by atoms with Gasteiger partial charge in [0.25, 0.3) is 0 Å². The number of nitrogens with one attached hydrogen (secondary N) is 2. The molecule has 0 aliphatic carbocycles. The Morgan fingerprint density at radius 1 is 1.30 bits per heavy atom. The van der Waals surface area contributed by atoms with Crippen LogP contribution < -0.4 is 10.6 Å². The second-order valence-corrected chi connectivity index (χ2v) is 6.12. The molecule has 1 heterocycles. The third kappa shape index (κ3) is 4.15. The smallest absolute Gasteiger partial charge is 0.241 e. The van der Waals surface area contributed by atoms with E-state index in [0.717, 1.165) is 15.6 Å². The molecule has 0 saturated carbocycles. The van der Waals surface area contributed by atoms with Crippen LogP contribution in [0.3, 0.4) is 0 Å². The van der Waals surface area contributed by atoms with E-state index in [1.54, 1.807) is 11.3 Å². The minimum atomic E-state index is -0.251. The maximum Gasteiger partial charge on any atom is 0.241 e. The van der Waals surface area contributed by atoms with Gasteiger partial charge in [0.1, 0.15) is 0 Å². The highest BCUT2D eigenvalue weighted by atomic mass is 32.1. The number of aryl methyl sites for hydroxylation is 2. The Hall–Kier alpha value is -1.72. The minimum absolute atomic E-state index is 0.0323. The summed E-state index contributed by atoms with van der Waals surface area (Å²) in [5, 5.41) is 7.14. The molecule has 0 aliphatic rings. The molecule has 2 aromatic rings. The Morgan fingerprint density at radius 3 is 2.60 bits per heavy atom. The van der Waals surface area contributed by atoms with Gasteiger partial charge < -0.3 is 10.6 Å². The molecule has 0 radical (unpaired) electrons. The van der Waals surface area contributed by atoms with Crippen molar-refractivity contribution in [3.05, 3.63) is 45.9 Å². The quantitative estimate of drug-likeness (QED) is 0.890. The molecule has 2 N–H and O–H groups in total. The summed E-state index contributed by atoms with van der Waals surface area (Å²) in [6.07, 6.45) is 1.84. The van der Waals surface area contributed by atoms with Crippen molar-refractivity contribution in [3.8, 4) is 0 Å². The Balaban J connectivity index is 1.84. The SMILES string of the molecule is Cc1ccc(NC(=O)C(C)NCc2cnc(C)s2)cc1. The molecule has 4 nitrogen and oxygen atoms in total. The number of carbonyl (C=O) groups excluding carboxylic acids is 1. The summed E-state index contributed by atoms with van der Waals surface area (Å²) in [5.41, 5.74) is 2.00. The lowest BCUT2D eigenvalue weighted by Gasteiger charge is -2.13. The summed E-state index contributed by atoms with van der Waals surface area (Å²) >= 11 is 1.64. The van der Waals surface area contributed by atoms with Gasteiger partial charge in [-0.1, -0.05) is 17.7 Å². The second kappa shape index (κ2) is 6.63. The van der Waals surface area contributed by atoms with Gasteiger partial charge in [-0.05, 0) is 32.9 Å². The zero-order chi connectivity index (χ0) is 14.5. The van der Waals surface area contributed by atoms with Crippen LogP contribution in [0, 0.1) is 13.8 Å². The van der Waals surface area contributed by atoms with Crippen LogP contribution >= 0.6 is 11.3 Å². The van der Waals surface area contributed by atoms with Crippen molar-refractivity contribution in [2.75, 3.05) is 5.32 Å². The van der Waals surface area contributed by atoms with Crippen LogP contribution in [-0.4, -0.2) is 16.9 Å². The largest absolute Gasteiger partial charge is 0.325 e. The molecule has 0 fully saturated rings. The fraction of sp³-hybridized carbons (Fsp3) is 0.333. The number of hydrogen-bond donors (Lipinski definition) is 2. The van der Waals surface area contributed by atoms with Gasteiger partial charge in [0.2, 0.25) is 5.91 Å². The number of benzene rings is 1. The molecule has 2 rings (SSSR count). The molecule has 1 aromatic carbocycles. The number of thiazole rings is 1. The van der Waals surface area contributed by atoms with Gasteiger partial charge in [-0.2, -0.15) is 0 Å². The van der Waals surface area contributed by atoms with Gasteiger partial charge in [0, 0.05) is 23.3 Å². The lowest BCUT2D eigenvalue weighted by Crippen LogP contribution is -2.37. The van der Waals surface area contributed by atoms with Crippen molar-refractivity contribution < 1.29 is 4.79 Å². The predicted octanol–water partition coefficient (Wildman–Crippen LogP) is 2.88. The molecule has 20 heavy (non-hydrogen) atoms. The lowest BCUT2D eigenvalue weighted by atomic mass is 10.2. The van der Waals surface area contributed by atoms with Crippen LogP contribution in [0.4, 0.5) is 5.69 Å². The fourth-order valence-corrected chi connectivity index (χ4v) is 2.47. The first-order chi connectivity index (χ1) is 9.54. The van der Waals surface area contributed by atoms with Gasteiger partial charge in [-0.3, -0.25) is 4.79 Å². The van der Waals surface area contributed by atoms with E-state index < -0.39 is 0 Å².